The molecule has 2 aromatic rings. The van der Waals surface area contributed by atoms with Crippen LogP contribution in [0.15, 0.2) is 46.9 Å². The van der Waals surface area contributed by atoms with Crippen LogP contribution in [-0.4, -0.2) is 5.91 Å². The van der Waals surface area contributed by atoms with Crippen LogP contribution in [-0.2, 0) is 6.54 Å². The van der Waals surface area contributed by atoms with Gasteiger partial charge in [0, 0.05) is 11.0 Å². The maximum absolute atomic E-state index is 12.1. The van der Waals surface area contributed by atoms with Crippen LogP contribution in [0.4, 0.5) is 0 Å². The molecule has 0 spiro atoms. The molecule has 1 N–H and O–H groups in total. The lowest BCUT2D eigenvalue weighted by Crippen LogP contribution is -2.23. The van der Waals surface area contributed by atoms with Crippen LogP contribution in [0.25, 0.3) is 0 Å². The van der Waals surface area contributed by atoms with Gasteiger partial charge in [0.05, 0.1) is 5.56 Å². The van der Waals surface area contributed by atoms with Crippen LogP contribution in [0.1, 0.15) is 27.0 Å². The molecule has 0 heterocycles. The second kappa shape index (κ2) is 6.02. The lowest BCUT2D eigenvalue weighted by atomic mass is 10.1. The summed E-state index contributed by atoms with van der Waals surface area (Å²) in [7, 11) is 0. The Morgan fingerprint density at radius 3 is 2.58 bits per heavy atom. The number of hydrogen-bond acceptors (Lipinski definition) is 1. The first-order chi connectivity index (χ1) is 9.08. The molecule has 2 nitrogen and oxygen atoms in total. The van der Waals surface area contributed by atoms with Crippen molar-refractivity contribution >= 4 is 21.8 Å². The maximum atomic E-state index is 12.1. The zero-order valence-electron chi connectivity index (χ0n) is 11.0. The molecule has 19 heavy (non-hydrogen) atoms. The number of nitrogens with one attached hydrogen (secondary N) is 1. The van der Waals surface area contributed by atoms with Gasteiger partial charge in [-0.25, -0.2) is 0 Å². The van der Waals surface area contributed by atoms with Crippen molar-refractivity contribution in [1.82, 2.24) is 5.32 Å². The van der Waals surface area contributed by atoms with Crippen LogP contribution in [0.3, 0.4) is 0 Å². The Labute approximate surface area is 122 Å². The van der Waals surface area contributed by atoms with Crippen molar-refractivity contribution in [1.29, 1.82) is 0 Å². The van der Waals surface area contributed by atoms with Gasteiger partial charge in [-0.15, -0.1) is 0 Å². The normalized spacial score (nSPS) is 10.3. The van der Waals surface area contributed by atoms with E-state index in [0.29, 0.717) is 12.1 Å². The Balaban J connectivity index is 2.08. The van der Waals surface area contributed by atoms with Crippen molar-refractivity contribution in [3.05, 3.63) is 69.2 Å². The van der Waals surface area contributed by atoms with Gasteiger partial charge in [-0.2, -0.15) is 0 Å². The van der Waals surface area contributed by atoms with Gasteiger partial charge in [-0.1, -0.05) is 30.3 Å². The summed E-state index contributed by atoms with van der Waals surface area (Å²) >= 11 is 3.43. The van der Waals surface area contributed by atoms with Crippen molar-refractivity contribution < 1.29 is 4.79 Å². The number of amides is 1. The Morgan fingerprint density at radius 2 is 1.89 bits per heavy atom. The summed E-state index contributed by atoms with van der Waals surface area (Å²) in [5.41, 5.74) is 4.12. The molecular formula is C16H16BrNO. The van der Waals surface area contributed by atoms with E-state index in [2.05, 4.69) is 21.2 Å². The molecule has 2 aromatic carbocycles. The second-order valence-electron chi connectivity index (χ2n) is 4.59. The minimum atomic E-state index is -0.0601. The minimum absolute atomic E-state index is 0.0601. The van der Waals surface area contributed by atoms with Crippen LogP contribution in [0.2, 0.25) is 0 Å². The van der Waals surface area contributed by atoms with E-state index in [4.69, 9.17) is 0 Å². The summed E-state index contributed by atoms with van der Waals surface area (Å²) in [4.78, 5) is 12.1. The van der Waals surface area contributed by atoms with E-state index >= 15 is 0 Å². The smallest absolute Gasteiger partial charge is 0.252 e. The largest absolute Gasteiger partial charge is 0.348 e. The molecule has 0 aliphatic rings. The zero-order chi connectivity index (χ0) is 13.8. The van der Waals surface area contributed by atoms with Crippen LogP contribution < -0.4 is 5.32 Å². The fourth-order valence-corrected chi connectivity index (χ4v) is 2.56. The van der Waals surface area contributed by atoms with Crippen molar-refractivity contribution in [2.45, 2.75) is 20.4 Å². The molecule has 0 unspecified atom stereocenters. The lowest BCUT2D eigenvalue weighted by Gasteiger charge is -2.09. The van der Waals surface area contributed by atoms with Gasteiger partial charge in [0.15, 0.2) is 0 Å². The molecule has 0 fully saturated rings. The molecular weight excluding hydrogens is 302 g/mol. The summed E-state index contributed by atoms with van der Waals surface area (Å²) in [5, 5.41) is 2.95. The molecule has 1 amide bonds. The predicted octanol–water partition coefficient (Wildman–Crippen LogP) is 4.00. The van der Waals surface area contributed by atoms with E-state index in [-0.39, 0.29) is 5.91 Å². The first kappa shape index (κ1) is 13.8. The minimum Gasteiger partial charge on any atom is -0.348 e. The van der Waals surface area contributed by atoms with Gasteiger partial charge in [-0.3, -0.25) is 4.79 Å². The van der Waals surface area contributed by atoms with Crippen molar-refractivity contribution in [2.24, 2.45) is 0 Å². The van der Waals surface area contributed by atoms with Crippen LogP contribution in [0, 0.1) is 13.8 Å². The average Bonchev–Trinajstić information content (AvgIpc) is 2.37. The molecule has 3 heteroatoms. The standard InChI is InChI=1S/C16H16BrNO/c1-11-7-8-14(15(17)9-11)16(19)18-10-13-6-4-3-5-12(13)2/h3-9H,10H2,1-2H3,(H,18,19). The summed E-state index contributed by atoms with van der Waals surface area (Å²) in [5.74, 6) is -0.0601. The summed E-state index contributed by atoms with van der Waals surface area (Å²) < 4.78 is 0.829. The molecule has 2 rings (SSSR count). The predicted molar refractivity (Wildman–Crippen MR) is 81.2 cm³/mol. The molecule has 0 bridgehead atoms. The molecule has 0 radical (unpaired) electrons. The first-order valence-electron chi connectivity index (χ1n) is 6.17. The second-order valence-corrected chi connectivity index (χ2v) is 5.45. The molecule has 98 valence electrons. The number of benzene rings is 2. The SMILES string of the molecule is Cc1ccc(C(=O)NCc2ccccc2C)c(Br)c1. The summed E-state index contributed by atoms with van der Waals surface area (Å²) in [6.07, 6.45) is 0. The number of aryl methyl sites for hydroxylation is 2. The Morgan fingerprint density at radius 1 is 1.16 bits per heavy atom. The third-order valence-electron chi connectivity index (χ3n) is 3.07. The van der Waals surface area contributed by atoms with E-state index in [0.717, 1.165) is 15.6 Å². The van der Waals surface area contributed by atoms with Gasteiger partial charge in [0.25, 0.3) is 5.91 Å². The summed E-state index contributed by atoms with van der Waals surface area (Å²) in [6, 6.07) is 13.8. The highest BCUT2D eigenvalue weighted by atomic mass is 79.9. The molecule has 0 aliphatic heterocycles. The average molecular weight is 318 g/mol. The third kappa shape index (κ3) is 3.44. The topological polar surface area (TPSA) is 29.1 Å². The van der Waals surface area contributed by atoms with E-state index in [1.54, 1.807) is 0 Å². The Hall–Kier alpha value is -1.61. The maximum Gasteiger partial charge on any atom is 0.252 e. The number of hydrogen-bond donors (Lipinski definition) is 1. The number of halogens is 1. The highest BCUT2D eigenvalue weighted by Gasteiger charge is 2.09. The van der Waals surface area contributed by atoms with E-state index in [1.165, 1.54) is 5.56 Å². The highest BCUT2D eigenvalue weighted by Crippen LogP contribution is 2.18. The van der Waals surface area contributed by atoms with Gasteiger partial charge < -0.3 is 5.32 Å². The Kier molecular flexibility index (Phi) is 4.38. The van der Waals surface area contributed by atoms with Crippen molar-refractivity contribution in [3.63, 3.8) is 0 Å². The van der Waals surface area contributed by atoms with E-state index in [1.807, 2.05) is 56.3 Å². The van der Waals surface area contributed by atoms with Gasteiger partial charge in [-0.05, 0) is 58.6 Å². The molecule has 0 aliphatic carbocycles. The Bertz CT molecular complexity index is 607. The lowest BCUT2D eigenvalue weighted by molar-refractivity contribution is 0.0950. The van der Waals surface area contributed by atoms with E-state index < -0.39 is 0 Å². The fourth-order valence-electron chi connectivity index (χ4n) is 1.88. The van der Waals surface area contributed by atoms with E-state index in [9.17, 15) is 4.79 Å². The van der Waals surface area contributed by atoms with Crippen molar-refractivity contribution in [2.75, 3.05) is 0 Å². The monoisotopic (exact) mass is 317 g/mol. The van der Waals surface area contributed by atoms with Gasteiger partial charge in [0.1, 0.15) is 0 Å². The third-order valence-corrected chi connectivity index (χ3v) is 3.73. The summed E-state index contributed by atoms with van der Waals surface area (Å²) in [6.45, 7) is 4.59. The molecule has 0 atom stereocenters. The van der Waals surface area contributed by atoms with Gasteiger partial charge in [0.2, 0.25) is 0 Å². The molecule has 0 saturated carbocycles. The number of rotatable bonds is 3. The van der Waals surface area contributed by atoms with Crippen molar-refractivity contribution in [3.8, 4) is 0 Å². The fraction of sp³-hybridized carbons (Fsp3) is 0.188. The highest BCUT2D eigenvalue weighted by molar-refractivity contribution is 9.10. The number of carbonyl (C=O) groups excluding carboxylic acids is 1. The molecule has 0 saturated heterocycles. The van der Waals surface area contributed by atoms with Crippen LogP contribution in [0.5, 0.6) is 0 Å². The zero-order valence-corrected chi connectivity index (χ0v) is 12.6. The number of carbonyl (C=O) groups is 1. The molecule has 0 aromatic heterocycles. The quantitative estimate of drug-likeness (QED) is 0.911. The van der Waals surface area contributed by atoms with Crippen LogP contribution >= 0.6 is 15.9 Å². The first-order valence-corrected chi connectivity index (χ1v) is 6.96. The van der Waals surface area contributed by atoms with Gasteiger partial charge >= 0.3 is 0 Å².